The Morgan fingerprint density at radius 1 is 1.08 bits per heavy atom. The number of piperazine rings is 1. The van der Waals surface area contributed by atoms with E-state index in [0.717, 1.165) is 49.2 Å². The van der Waals surface area contributed by atoms with Crippen molar-refractivity contribution in [2.75, 3.05) is 36.0 Å². The fourth-order valence-electron chi connectivity index (χ4n) is 3.36. The topological polar surface area (TPSA) is 68.9 Å². The molecule has 0 spiro atoms. The Kier molecular flexibility index (Phi) is 4.00. The minimum absolute atomic E-state index is 0.563. The van der Waals surface area contributed by atoms with E-state index in [1.165, 1.54) is 18.4 Å². The molecule has 0 amide bonds. The lowest BCUT2D eigenvalue weighted by Crippen LogP contribution is -2.47. The second kappa shape index (κ2) is 6.32. The molecule has 0 unspecified atom stereocenters. The molecule has 6 heteroatoms. The first kappa shape index (κ1) is 15.8. The van der Waals surface area contributed by atoms with E-state index in [0.29, 0.717) is 11.5 Å². The molecule has 3 heterocycles. The average molecular weight is 334 g/mol. The van der Waals surface area contributed by atoms with Gasteiger partial charge in [-0.05, 0) is 32.8 Å². The Balaban J connectivity index is 1.53. The molecule has 2 fully saturated rings. The molecule has 128 valence electrons. The van der Waals surface area contributed by atoms with Gasteiger partial charge in [0.1, 0.15) is 17.7 Å². The van der Waals surface area contributed by atoms with Crippen molar-refractivity contribution in [2.24, 2.45) is 0 Å². The van der Waals surface area contributed by atoms with E-state index in [9.17, 15) is 5.26 Å². The molecule has 25 heavy (non-hydrogen) atoms. The molecule has 0 bridgehead atoms. The van der Waals surface area contributed by atoms with Crippen molar-refractivity contribution in [2.45, 2.75) is 32.6 Å². The first-order chi connectivity index (χ1) is 12.2. The fourth-order valence-corrected chi connectivity index (χ4v) is 3.36. The van der Waals surface area contributed by atoms with Gasteiger partial charge in [-0.15, -0.1) is 0 Å². The van der Waals surface area contributed by atoms with Gasteiger partial charge in [-0.25, -0.2) is 9.97 Å². The molecule has 0 N–H and O–H groups in total. The molecule has 2 aliphatic rings. The molecule has 1 aliphatic carbocycles. The number of aryl methyl sites for hydroxylation is 1. The summed E-state index contributed by atoms with van der Waals surface area (Å²) in [6.07, 6.45) is 5.89. The number of hydrogen-bond acceptors (Lipinski definition) is 6. The fraction of sp³-hybridized carbons (Fsp3) is 0.474. The van der Waals surface area contributed by atoms with Gasteiger partial charge in [0.05, 0.1) is 17.4 Å². The summed E-state index contributed by atoms with van der Waals surface area (Å²) in [6.45, 7) is 7.70. The third-order valence-electron chi connectivity index (χ3n) is 5.16. The second-order valence-electron chi connectivity index (χ2n) is 6.87. The normalized spacial score (nSPS) is 17.5. The quantitative estimate of drug-likeness (QED) is 0.859. The van der Waals surface area contributed by atoms with Crippen LogP contribution in [-0.4, -0.2) is 41.1 Å². The average Bonchev–Trinajstić information content (AvgIpc) is 3.49. The summed E-state index contributed by atoms with van der Waals surface area (Å²) >= 11 is 0. The summed E-state index contributed by atoms with van der Waals surface area (Å²) in [5.74, 6) is 2.66. The molecule has 6 nitrogen and oxygen atoms in total. The molecule has 4 rings (SSSR count). The summed E-state index contributed by atoms with van der Waals surface area (Å²) in [5, 5.41) is 9.30. The summed E-state index contributed by atoms with van der Waals surface area (Å²) in [5.41, 5.74) is 3.89. The van der Waals surface area contributed by atoms with Crippen LogP contribution < -0.4 is 9.80 Å². The number of nitriles is 1. The van der Waals surface area contributed by atoms with Crippen LogP contribution in [0.2, 0.25) is 0 Å². The lowest BCUT2D eigenvalue weighted by molar-refractivity contribution is 0.641. The third kappa shape index (κ3) is 3.02. The SMILES string of the molecule is Cc1nc(C2CC2)nc(N2CCN(c3cnccc3C#N)CC2)c1C. The van der Waals surface area contributed by atoms with Crippen molar-refractivity contribution in [1.29, 1.82) is 5.26 Å². The van der Waals surface area contributed by atoms with Crippen molar-refractivity contribution < 1.29 is 0 Å². The van der Waals surface area contributed by atoms with Crippen LogP contribution in [0.1, 0.15) is 41.4 Å². The van der Waals surface area contributed by atoms with Gasteiger partial charge in [0.15, 0.2) is 0 Å². The maximum Gasteiger partial charge on any atom is 0.135 e. The molecule has 1 saturated carbocycles. The van der Waals surface area contributed by atoms with Crippen LogP contribution in [0.5, 0.6) is 0 Å². The van der Waals surface area contributed by atoms with E-state index in [-0.39, 0.29) is 0 Å². The van der Waals surface area contributed by atoms with Crippen LogP contribution in [0.4, 0.5) is 11.5 Å². The standard InChI is InChI=1S/C19H22N6/c1-13-14(2)22-18(15-3-4-15)23-19(13)25-9-7-24(8-10-25)17-12-21-6-5-16(17)11-20/h5-6,12,15H,3-4,7-10H2,1-2H3. The monoisotopic (exact) mass is 334 g/mol. The van der Waals surface area contributed by atoms with Crippen LogP contribution in [0.3, 0.4) is 0 Å². The molecular formula is C19H22N6. The highest BCUT2D eigenvalue weighted by molar-refractivity contribution is 5.59. The van der Waals surface area contributed by atoms with Crippen molar-refractivity contribution in [1.82, 2.24) is 15.0 Å². The molecule has 1 aliphatic heterocycles. The second-order valence-corrected chi connectivity index (χ2v) is 6.87. The van der Waals surface area contributed by atoms with Crippen LogP contribution in [-0.2, 0) is 0 Å². The number of anilines is 2. The van der Waals surface area contributed by atoms with E-state index < -0.39 is 0 Å². The molecule has 0 atom stereocenters. The van der Waals surface area contributed by atoms with E-state index in [2.05, 4.69) is 39.7 Å². The van der Waals surface area contributed by atoms with E-state index >= 15 is 0 Å². The van der Waals surface area contributed by atoms with Gasteiger partial charge in [-0.1, -0.05) is 0 Å². The van der Waals surface area contributed by atoms with Crippen LogP contribution >= 0.6 is 0 Å². The van der Waals surface area contributed by atoms with Crippen molar-refractivity contribution in [3.63, 3.8) is 0 Å². The number of nitrogens with zero attached hydrogens (tertiary/aromatic N) is 6. The molecule has 0 radical (unpaired) electrons. The number of hydrogen-bond donors (Lipinski definition) is 0. The molecule has 2 aromatic rings. The van der Waals surface area contributed by atoms with Gasteiger partial charge < -0.3 is 9.80 Å². The van der Waals surface area contributed by atoms with E-state index in [1.54, 1.807) is 18.5 Å². The smallest absolute Gasteiger partial charge is 0.135 e. The third-order valence-corrected chi connectivity index (χ3v) is 5.16. The highest BCUT2D eigenvalue weighted by Gasteiger charge is 2.29. The minimum Gasteiger partial charge on any atom is -0.366 e. The van der Waals surface area contributed by atoms with Crippen molar-refractivity contribution in [3.05, 3.63) is 41.1 Å². The zero-order valence-electron chi connectivity index (χ0n) is 14.7. The lowest BCUT2D eigenvalue weighted by Gasteiger charge is -2.37. The summed E-state index contributed by atoms with van der Waals surface area (Å²) in [6, 6.07) is 4.04. The largest absolute Gasteiger partial charge is 0.366 e. The van der Waals surface area contributed by atoms with E-state index in [1.807, 2.05) is 0 Å². The minimum atomic E-state index is 0.563. The summed E-state index contributed by atoms with van der Waals surface area (Å²) < 4.78 is 0. The van der Waals surface area contributed by atoms with Crippen LogP contribution in [0, 0.1) is 25.2 Å². The number of aromatic nitrogens is 3. The lowest BCUT2D eigenvalue weighted by atomic mass is 10.1. The zero-order valence-corrected chi connectivity index (χ0v) is 14.7. The Hall–Kier alpha value is -2.68. The first-order valence-corrected chi connectivity index (χ1v) is 8.86. The summed E-state index contributed by atoms with van der Waals surface area (Å²) in [4.78, 5) is 18.3. The zero-order chi connectivity index (χ0) is 17.4. The van der Waals surface area contributed by atoms with Gasteiger partial charge in [-0.2, -0.15) is 5.26 Å². The molecule has 2 aromatic heterocycles. The highest BCUT2D eigenvalue weighted by Crippen LogP contribution is 2.39. The van der Waals surface area contributed by atoms with E-state index in [4.69, 9.17) is 4.98 Å². The number of rotatable bonds is 3. The predicted octanol–water partition coefficient (Wildman–Crippen LogP) is 2.56. The van der Waals surface area contributed by atoms with Crippen LogP contribution in [0.25, 0.3) is 0 Å². The Labute approximate surface area is 148 Å². The Bertz CT molecular complexity index is 828. The molecule has 0 aromatic carbocycles. The maximum atomic E-state index is 9.30. The maximum absolute atomic E-state index is 9.30. The highest BCUT2D eigenvalue weighted by atomic mass is 15.3. The Morgan fingerprint density at radius 2 is 1.80 bits per heavy atom. The number of pyridine rings is 1. The predicted molar refractivity (Wildman–Crippen MR) is 96.9 cm³/mol. The van der Waals surface area contributed by atoms with Crippen LogP contribution in [0.15, 0.2) is 18.5 Å². The Morgan fingerprint density at radius 3 is 2.48 bits per heavy atom. The summed E-state index contributed by atoms with van der Waals surface area (Å²) in [7, 11) is 0. The van der Waals surface area contributed by atoms with Gasteiger partial charge in [-0.3, -0.25) is 4.98 Å². The molecule has 1 saturated heterocycles. The van der Waals surface area contributed by atoms with Gasteiger partial charge in [0.25, 0.3) is 0 Å². The van der Waals surface area contributed by atoms with Gasteiger partial charge in [0.2, 0.25) is 0 Å². The van der Waals surface area contributed by atoms with Gasteiger partial charge in [0, 0.05) is 49.6 Å². The first-order valence-electron chi connectivity index (χ1n) is 8.86. The van der Waals surface area contributed by atoms with Crippen molar-refractivity contribution >= 4 is 11.5 Å². The van der Waals surface area contributed by atoms with Crippen molar-refractivity contribution in [3.8, 4) is 6.07 Å². The van der Waals surface area contributed by atoms with Gasteiger partial charge >= 0.3 is 0 Å². The molecular weight excluding hydrogens is 312 g/mol.